The fourth-order valence-corrected chi connectivity index (χ4v) is 3.28. The summed E-state index contributed by atoms with van der Waals surface area (Å²) in [6.45, 7) is 2.77. The number of piperazine rings is 1. The molecule has 0 spiro atoms. The van der Waals surface area contributed by atoms with Crippen molar-refractivity contribution < 1.29 is 9.59 Å². The van der Waals surface area contributed by atoms with Gasteiger partial charge >= 0.3 is 0 Å². The number of carbonyl (C=O) groups excluding carboxylic acids is 2. The highest BCUT2D eigenvalue weighted by Crippen LogP contribution is 2.13. The third-order valence-corrected chi connectivity index (χ3v) is 4.79. The Morgan fingerprint density at radius 1 is 0.966 bits per heavy atom. The van der Waals surface area contributed by atoms with E-state index in [1.54, 1.807) is 12.1 Å². The van der Waals surface area contributed by atoms with Crippen LogP contribution < -0.4 is 5.32 Å². The maximum Gasteiger partial charge on any atom is 0.254 e. The van der Waals surface area contributed by atoms with Crippen molar-refractivity contribution in [2.45, 2.75) is 0 Å². The van der Waals surface area contributed by atoms with Crippen LogP contribution in [0.5, 0.6) is 0 Å². The largest absolute Gasteiger partial charge is 0.336 e. The number of nitrogens with zero attached hydrogens (tertiary/aromatic N) is 6. The molecule has 1 saturated heterocycles. The SMILES string of the molecule is O=C(CN1CCN(C(=O)c2cccc(-n3cnnn3)c2)CC1)Nc1ccccc1. The first kappa shape index (κ1) is 18.8. The van der Waals surface area contributed by atoms with Gasteiger partial charge in [0.25, 0.3) is 5.91 Å². The number of benzene rings is 2. The molecular formula is C20H21N7O2. The summed E-state index contributed by atoms with van der Waals surface area (Å²) < 4.78 is 1.51. The van der Waals surface area contributed by atoms with Crippen molar-refractivity contribution in [2.24, 2.45) is 0 Å². The highest BCUT2D eigenvalue weighted by Gasteiger charge is 2.23. The minimum absolute atomic E-state index is 0.0340. The molecule has 2 aromatic carbocycles. The molecule has 9 nitrogen and oxygen atoms in total. The number of para-hydroxylation sites is 1. The zero-order valence-electron chi connectivity index (χ0n) is 15.8. The number of rotatable bonds is 5. The summed E-state index contributed by atoms with van der Waals surface area (Å²) >= 11 is 0. The van der Waals surface area contributed by atoms with Gasteiger partial charge in [0, 0.05) is 37.4 Å². The van der Waals surface area contributed by atoms with Crippen LogP contribution in [0.4, 0.5) is 5.69 Å². The maximum absolute atomic E-state index is 12.9. The van der Waals surface area contributed by atoms with E-state index in [1.165, 1.54) is 11.0 Å². The van der Waals surface area contributed by atoms with Gasteiger partial charge in [0.15, 0.2) is 0 Å². The van der Waals surface area contributed by atoms with E-state index < -0.39 is 0 Å². The second-order valence-corrected chi connectivity index (χ2v) is 6.79. The predicted octanol–water partition coefficient (Wildman–Crippen LogP) is 1.06. The Kier molecular flexibility index (Phi) is 5.57. The number of tetrazole rings is 1. The van der Waals surface area contributed by atoms with Gasteiger partial charge in [-0.15, -0.1) is 5.10 Å². The molecule has 0 saturated carbocycles. The van der Waals surface area contributed by atoms with E-state index in [-0.39, 0.29) is 11.8 Å². The summed E-state index contributed by atoms with van der Waals surface area (Å²) in [7, 11) is 0. The zero-order chi connectivity index (χ0) is 20.1. The Hall–Kier alpha value is -3.59. The van der Waals surface area contributed by atoms with Gasteiger partial charge in [-0.25, -0.2) is 4.68 Å². The van der Waals surface area contributed by atoms with Crippen molar-refractivity contribution in [1.82, 2.24) is 30.0 Å². The molecule has 148 valence electrons. The Labute approximate surface area is 167 Å². The lowest BCUT2D eigenvalue weighted by Gasteiger charge is -2.34. The molecular weight excluding hydrogens is 370 g/mol. The standard InChI is InChI=1S/C20H21N7O2/c28-19(22-17-6-2-1-3-7-17)14-25-9-11-26(12-10-25)20(29)16-5-4-8-18(13-16)27-15-21-23-24-27/h1-8,13,15H,9-12,14H2,(H,22,28). The lowest BCUT2D eigenvalue weighted by Crippen LogP contribution is -2.50. The number of aromatic nitrogens is 4. The summed E-state index contributed by atoms with van der Waals surface area (Å²) in [5.74, 6) is -0.0848. The summed E-state index contributed by atoms with van der Waals surface area (Å²) in [5, 5.41) is 14.0. The van der Waals surface area contributed by atoms with Gasteiger partial charge in [0.05, 0.1) is 12.2 Å². The van der Waals surface area contributed by atoms with E-state index in [0.717, 1.165) is 11.4 Å². The molecule has 0 unspecified atom stereocenters. The van der Waals surface area contributed by atoms with Crippen LogP contribution in [-0.2, 0) is 4.79 Å². The zero-order valence-corrected chi connectivity index (χ0v) is 15.8. The van der Waals surface area contributed by atoms with Crippen molar-refractivity contribution >= 4 is 17.5 Å². The van der Waals surface area contributed by atoms with Crippen molar-refractivity contribution in [1.29, 1.82) is 0 Å². The minimum atomic E-state index is -0.0508. The van der Waals surface area contributed by atoms with Gasteiger partial charge in [0.1, 0.15) is 6.33 Å². The molecule has 3 aromatic rings. The number of hydrogen-bond acceptors (Lipinski definition) is 6. The third-order valence-electron chi connectivity index (χ3n) is 4.79. The van der Waals surface area contributed by atoms with Crippen LogP contribution in [-0.4, -0.2) is 74.5 Å². The Balaban J connectivity index is 1.31. The lowest BCUT2D eigenvalue weighted by atomic mass is 10.1. The molecule has 29 heavy (non-hydrogen) atoms. The van der Waals surface area contributed by atoms with Crippen LogP contribution in [0.2, 0.25) is 0 Å². The monoisotopic (exact) mass is 391 g/mol. The third kappa shape index (κ3) is 4.64. The quantitative estimate of drug-likeness (QED) is 0.699. The molecule has 0 aliphatic carbocycles. The van der Waals surface area contributed by atoms with E-state index in [9.17, 15) is 9.59 Å². The van der Waals surface area contributed by atoms with Crippen molar-refractivity contribution in [3.8, 4) is 5.69 Å². The van der Waals surface area contributed by atoms with Crippen molar-refractivity contribution in [3.05, 3.63) is 66.5 Å². The number of nitrogens with one attached hydrogen (secondary N) is 1. The molecule has 0 radical (unpaired) electrons. The summed E-state index contributed by atoms with van der Waals surface area (Å²) in [4.78, 5) is 28.9. The van der Waals surface area contributed by atoms with E-state index in [2.05, 4.69) is 25.7 Å². The first-order valence-corrected chi connectivity index (χ1v) is 9.39. The molecule has 1 fully saturated rings. The molecule has 1 aliphatic heterocycles. The molecule has 0 atom stereocenters. The van der Waals surface area contributed by atoms with Crippen LogP contribution in [0.3, 0.4) is 0 Å². The van der Waals surface area contributed by atoms with Crippen LogP contribution in [0.25, 0.3) is 5.69 Å². The van der Waals surface area contributed by atoms with E-state index in [4.69, 9.17) is 0 Å². The highest BCUT2D eigenvalue weighted by atomic mass is 16.2. The topological polar surface area (TPSA) is 96.3 Å². The van der Waals surface area contributed by atoms with Crippen LogP contribution in [0.15, 0.2) is 60.9 Å². The van der Waals surface area contributed by atoms with Gasteiger partial charge in [-0.2, -0.15) is 0 Å². The fourth-order valence-electron chi connectivity index (χ4n) is 3.28. The van der Waals surface area contributed by atoms with Crippen molar-refractivity contribution in [2.75, 3.05) is 38.0 Å². The van der Waals surface area contributed by atoms with Crippen molar-refractivity contribution in [3.63, 3.8) is 0 Å². The fraction of sp³-hybridized carbons (Fsp3) is 0.250. The molecule has 1 N–H and O–H groups in total. The average molecular weight is 391 g/mol. The van der Waals surface area contributed by atoms with Crippen LogP contribution in [0, 0.1) is 0 Å². The highest BCUT2D eigenvalue weighted by molar-refractivity contribution is 5.95. The minimum Gasteiger partial charge on any atom is -0.336 e. The van der Waals surface area contributed by atoms with Crippen LogP contribution >= 0.6 is 0 Å². The number of anilines is 1. The van der Waals surface area contributed by atoms with E-state index in [1.807, 2.05) is 47.4 Å². The number of carbonyl (C=O) groups is 2. The smallest absolute Gasteiger partial charge is 0.254 e. The molecule has 1 aliphatic rings. The van der Waals surface area contributed by atoms with E-state index in [0.29, 0.717) is 38.3 Å². The Bertz CT molecular complexity index is 968. The maximum atomic E-state index is 12.9. The summed E-state index contributed by atoms with van der Waals surface area (Å²) in [5.41, 5.74) is 2.11. The molecule has 4 rings (SSSR count). The normalized spacial score (nSPS) is 14.6. The Morgan fingerprint density at radius 3 is 2.48 bits per heavy atom. The van der Waals surface area contributed by atoms with E-state index >= 15 is 0 Å². The summed E-state index contributed by atoms with van der Waals surface area (Å²) in [6, 6.07) is 16.6. The molecule has 2 amide bonds. The van der Waals surface area contributed by atoms with Gasteiger partial charge in [-0.05, 0) is 40.8 Å². The van der Waals surface area contributed by atoms with Gasteiger partial charge in [-0.3, -0.25) is 14.5 Å². The van der Waals surface area contributed by atoms with Gasteiger partial charge < -0.3 is 10.2 Å². The molecule has 1 aromatic heterocycles. The van der Waals surface area contributed by atoms with Crippen LogP contribution in [0.1, 0.15) is 10.4 Å². The molecule has 9 heteroatoms. The summed E-state index contributed by atoms with van der Waals surface area (Å²) in [6.07, 6.45) is 1.49. The number of amides is 2. The first-order chi connectivity index (χ1) is 14.2. The molecule has 2 heterocycles. The second kappa shape index (κ2) is 8.61. The lowest BCUT2D eigenvalue weighted by molar-refractivity contribution is -0.117. The van der Waals surface area contributed by atoms with Gasteiger partial charge in [0.2, 0.25) is 5.91 Å². The average Bonchev–Trinajstić information content (AvgIpc) is 3.30. The first-order valence-electron chi connectivity index (χ1n) is 9.39. The Morgan fingerprint density at radius 2 is 1.76 bits per heavy atom. The van der Waals surface area contributed by atoms with Gasteiger partial charge in [-0.1, -0.05) is 24.3 Å². The predicted molar refractivity (Wildman–Crippen MR) is 107 cm³/mol. The second-order valence-electron chi connectivity index (χ2n) is 6.79. The molecule has 0 bridgehead atoms. The number of hydrogen-bond donors (Lipinski definition) is 1.